The first-order valence-electron chi connectivity index (χ1n) is 13.0. The first kappa shape index (κ1) is 27.1. The lowest BCUT2D eigenvalue weighted by molar-refractivity contribution is -0.623. The van der Waals surface area contributed by atoms with Crippen molar-refractivity contribution in [1.29, 1.82) is 0 Å². The van der Waals surface area contributed by atoms with Gasteiger partial charge in [0.1, 0.15) is 12.6 Å². The fourth-order valence-corrected chi connectivity index (χ4v) is 5.49. The van der Waals surface area contributed by atoms with Crippen molar-refractivity contribution >= 4 is 29.6 Å². The van der Waals surface area contributed by atoms with E-state index in [0.29, 0.717) is 23.1 Å². The largest absolute Gasteiger partial charge is 0.446 e. The van der Waals surface area contributed by atoms with Crippen LogP contribution in [0.1, 0.15) is 45.5 Å². The number of rotatable bonds is 9. The van der Waals surface area contributed by atoms with E-state index in [2.05, 4.69) is 20.9 Å². The number of carbonyl (C=O) groups is 3. The molecule has 0 aromatic heterocycles. The Kier molecular flexibility index (Phi) is 7.17. The molecule has 1 amide bonds. The summed E-state index contributed by atoms with van der Waals surface area (Å²) in [4.78, 5) is 41.7. The van der Waals surface area contributed by atoms with E-state index in [1.165, 1.54) is 0 Å². The number of nitrogens with zero attached hydrogens (tertiary/aromatic N) is 2. The fourth-order valence-electron chi connectivity index (χ4n) is 5.49. The van der Waals surface area contributed by atoms with Crippen molar-refractivity contribution in [2.24, 2.45) is 16.5 Å². The van der Waals surface area contributed by atoms with Crippen LogP contribution in [0, 0.1) is 0 Å². The Balaban J connectivity index is 1.08. The monoisotopic (exact) mass is 550 g/mol. The van der Waals surface area contributed by atoms with Gasteiger partial charge in [-0.2, -0.15) is 0 Å². The molecule has 3 aliphatic heterocycles. The molecule has 1 fully saturated rings. The minimum Gasteiger partial charge on any atom is -0.446 e. The van der Waals surface area contributed by atoms with Gasteiger partial charge in [-0.3, -0.25) is 20.6 Å². The summed E-state index contributed by atoms with van der Waals surface area (Å²) in [7, 11) is 0. The standard InChI is InChI=1S/C27H31N7O6/c28-23-32-22-19(31-24(29)34-14-12-26(38,39)27(22,34)33-23)15-40-25(37)30-13-4-7-20(35)16-8-10-18(11-9-16)21(36)17-5-2-1-3-6-17/h1-3,5-6,8-11,19,22,38-39H,4,7,12-15H2,(H6,28,29,30,31,32,33,37)/p+1/t19-,22-,27-/m0/s1. The summed E-state index contributed by atoms with van der Waals surface area (Å²) in [6.45, 7) is 0.293. The van der Waals surface area contributed by atoms with E-state index >= 15 is 0 Å². The van der Waals surface area contributed by atoms with Crippen LogP contribution in [0.25, 0.3) is 0 Å². The van der Waals surface area contributed by atoms with Crippen LogP contribution in [0.3, 0.4) is 0 Å². The Morgan fingerprint density at radius 1 is 1.05 bits per heavy atom. The van der Waals surface area contributed by atoms with Crippen molar-refractivity contribution in [3.8, 4) is 0 Å². The van der Waals surface area contributed by atoms with E-state index in [9.17, 15) is 24.6 Å². The maximum absolute atomic E-state index is 12.6. The Morgan fingerprint density at radius 2 is 1.73 bits per heavy atom. The van der Waals surface area contributed by atoms with Gasteiger partial charge in [-0.25, -0.2) is 14.4 Å². The van der Waals surface area contributed by atoms with Crippen molar-refractivity contribution in [3.05, 3.63) is 71.3 Å². The zero-order valence-corrected chi connectivity index (χ0v) is 21.7. The number of aliphatic hydroxyl groups is 2. The number of guanidine groups is 2. The summed E-state index contributed by atoms with van der Waals surface area (Å²) < 4.78 is 6.91. The lowest BCUT2D eigenvalue weighted by atomic mass is 9.87. The third kappa shape index (κ3) is 4.84. The highest BCUT2D eigenvalue weighted by Gasteiger charge is 2.71. The number of ketones is 2. The van der Waals surface area contributed by atoms with E-state index in [0.717, 1.165) is 0 Å². The van der Waals surface area contributed by atoms with Gasteiger partial charge in [0.15, 0.2) is 23.6 Å². The molecule has 0 unspecified atom stereocenters. The Labute approximate surface area is 229 Å². The maximum atomic E-state index is 12.6. The van der Waals surface area contributed by atoms with Crippen LogP contribution >= 0.6 is 0 Å². The second-order valence-corrected chi connectivity index (χ2v) is 10.0. The molecular formula is C27H32N7O6+. The average Bonchev–Trinajstić information content (AvgIpc) is 3.45. The number of nitrogens with two attached hydrogens (primary N) is 2. The fraction of sp³-hybridized carbons (Fsp3) is 0.370. The predicted octanol–water partition coefficient (Wildman–Crippen LogP) is -1.03. The number of amides is 1. The molecule has 13 heteroatoms. The minimum atomic E-state index is -2.17. The minimum absolute atomic E-state index is 0.0183. The van der Waals surface area contributed by atoms with Gasteiger partial charge in [-0.1, -0.05) is 54.6 Å². The van der Waals surface area contributed by atoms with Gasteiger partial charge in [0.25, 0.3) is 0 Å². The van der Waals surface area contributed by atoms with Crippen molar-refractivity contribution in [2.75, 3.05) is 19.7 Å². The molecule has 0 saturated carbocycles. The van der Waals surface area contributed by atoms with Gasteiger partial charge >= 0.3 is 12.1 Å². The molecule has 0 aliphatic carbocycles. The number of hydrogen-bond acceptors (Lipinski definition) is 11. The maximum Gasteiger partial charge on any atom is 0.407 e. The summed E-state index contributed by atoms with van der Waals surface area (Å²) in [5.74, 6) is -2.19. The number of hydrogen-bond donors (Lipinski definition) is 7. The van der Waals surface area contributed by atoms with E-state index in [4.69, 9.17) is 16.2 Å². The Morgan fingerprint density at radius 3 is 2.45 bits per heavy atom. The van der Waals surface area contributed by atoms with Crippen LogP contribution in [0.5, 0.6) is 0 Å². The lowest BCUT2D eigenvalue weighted by Crippen LogP contribution is -2.77. The van der Waals surface area contributed by atoms with Crippen LogP contribution in [-0.4, -0.2) is 87.6 Å². The molecule has 210 valence electrons. The van der Waals surface area contributed by atoms with E-state index < -0.39 is 29.6 Å². The smallest absolute Gasteiger partial charge is 0.407 e. The van der Waals surface area contributed by atoms with E-state index in [-0.39, 0.29) is 56.0 Å². The molecule has 1 saturated heterocycles. The third-order valence-corrected chi connectivity index (χ3v) is 7.50. The lowest BCUT2D eigenvalue weighted by Gasteiger charge is -2.42. The van der Waals surface area contributed by atoms with Crippen LogP contribution in [0.2, 0.25) is 0 Å². The zero-order valence-electron chi connectivity index (χ0n) is 21.7. The van der Waals surface area contributed by atoms with E-state index in [1.807, 2.05) is 6.07 Å². The Hall–Kier alpha value is -4.49. The SMILES string of the molecule is NC1=N[C@H]2[C@H](COC(=O)NCCCC(=O)c3ccc(C(=O)c4ccccc4)cc3)NC(N)=[N+]3CCC(O)(O)[C@]23N1. The number of ether oxygens (including phenoxy) is 1. The zero-order chi connectivity index (χ0) is 28.5. The highest BCUT2D eigenvalue weighted by atomic mass is 16.5. The summed E-state index contributed by atoms with van der Waals surface area (Å²) >= 11 is 0. The number of carbonyl (C=O) groups excluding carboxylic acids is 3. The molecule has 2 aromatic carbocycles. The summed E-state index contributed by atoms with van der Waals surface area (Å²) in [5, 5.41) is 29.9. The number of nitrogens with one attached hydrogen (secondary N) is 3. The third-order valence-electron chi connectivity index (χ3n) is 7.50. The number of aliphatic imine (C=N–C) groups is 1. The van der Waals surface area contributed by atoms with Gasteiger partial charge in [-0.15, -0.1) is 0 Å². The normalized spacial score (nSPS) is 24.2. The molecule has 13 nitrogen and oxygen atoms in total. The molecule has 2 aromatic rings. The molecule has 5 rings (SSSR count). The van der Waals surface area contributed by atoms with Crippen LogP contribution in [-0.2, 0) is 4.74 Å². The van der Waals surface area contributed by atoms with Crippen LogP contribution < -0.4 is 27.4 Å². The van der Waals surface area contributed by atoms with Gasteiger partial charge in [0, 0.05) is 36.1 Å². The van der Waals surface area contributed by atoms with Crippen molar-refractivity contribution in [1.82, 2.24) is 16.0 Å². The number of Topliss-reactive ketones (excluding diaryl/α,β-unsaturated/α-hetero) is 1. The molecule has 3 aliphatic rings. The summed E-state index contributed by atoms with van der Waals surface area (Å²) in [5.41, 5.74) is 12.1. The summed E-state index contributed by atoms with van der Waals surface area (Å²) in [6, 6.07) is 13.9. The highest BCUT2D eigenvalue weighted by molar-refractivity contribution is 6.09. The average molecular weight is 551 g/mol. The molecule has 1 spiro atoms. The van der Waals surface area contributed by atoms with Crippen molar-refractivity contribution in [2.45, 2.75) is 42.8 Å². The van der Waals surface area contributed by atoms with Gasteiger partial charge in [-0.05, 0) is 6.42 Å². The quantitative estimate of drug-likeness (QED) is 0.0875. The molecule has 3 atom stereocenters. The molecule has 40 heavy (non-hydrogen) atoms. The van der Waals surface area contributed by atoms with Crippen molar-refractivity contribution in [3.63, 3.8) is 0 Å². The Bertz CT molecular complexity index is 1380. The highest BCUT2D eigenvalue weighted by Crippen LogP contribution is 2.40. The first-order chi connectivity index (χ1) is 19.1. The molecule has 0 radical (unpaired) electrons. The van der Waals surface area contributed by atoms with Crippen molar-refractivity contribution < 1.29 is 33.9 Å². The van der Waals surface area contributed by atoms with Gasteiger partial charge in [0.05, 0.1) is 6.54 Å². The molecule has 3 heterocycles. The van der Waals surface area contributed by atoms with Crippen LogP contribution in [0.4, 0.5) is 4.79 Å². The topological polar surface area (TPSA) is 204 Å². The molecule has 0 bridgehead atoms. The number of benzene rings is 2. The van der Waals surface area contributed by atoms with Crippen LogP contribution in [0.15, 0.2) is 59.6 Å². The van der Waals surface area contributed by atoms with Gasteiger partial charge in [0.2, 0.25) is 11.4 Å². The first-order valence-corrected chi connectivity index (χ1v) is 13.0. The molecular weight excluding hydrogens is 518 g/mol. The second kappa shape index (κ2) is 10.6. The second-order valence-electron chi connectivity index (χ2n) is 10.0. The summed E-state index contributed by atoms with van der Waals surface area (Å²) in [6.07, 6.45) is -0.118. The number of alkyl carbamates (subject to hydrolysis) is 1. The van der Waals surface area contributed by atoms with Gasteiger partial charge < -0.3 is 31.3 Å². The molecule has 9 N–H and O–H groups in total. The predicted molar refractivity (Wildman–Crippen MR) is 144 cm³/mol. The van der Waals surface area contributed by atoms with E-state index in [1.54, 1.807) is 53.1 Å².